The first-order valence-corrected chi connectivity index (χ1v) is 6.44. The Morgan fingerprint density at radius 3 is 2.75 bits per heavy atom. The van der Waals surface area contributed by atoms with Crippen LogP contribution in [0.5, 0.6) is 0 Å². The van der Waals surface area contributed by atoms with Crippen molar-refractivity contribution in [3.63, 3.8) is 0 Å². The predicted molar refractivity (Wildman–Crippen MR) is 72.7 cm³/mol. The summed E-state index contributed by atoms with van der Waals surface area (Å²) in [5, 5.41) is 16.3. The first kappa shape index (κ1) is 16.0. The van der Waals surface area contributed by atoms with Crippen LogP contribution in [0.1, 0.15) is 25.3 Å². The zero-order chi connectivity index (χ0) is 15.0. The van der Waals surface area contributed by atoms with E-state index < -0.39 is 10.7 Å². The van der Waals surface area contributed by atoms with Gasteiger partial charge in [0.05, 0.1) is 11.0 Å². The van der Waals surface area contributed by atoms with Crippen LogP contribution in [0, 0.1) is 15.9 Å². The maximum atomic E-state index is 13.2. The summed E-state index contributed by atoms with van der Waals surface area (Å²) in [5.41, 5.74) is 0.202. The highest BCUT2D eigenvalue weighted by atomic mass is 19.1. The van der Waals surface area contributed by atoms with E-state index in [1.54, 1.807) is 0 Å². The third-order valence-electron chi connectivity index (χ3n) is 2.58. The molecule has 0 saturated heterocycles. The number of nitro benzene ring substituents is 1. The fraction of sp³-hybridized carbons (Fsp3) is 0.462. The van der Waals surface area contributed by atoms with E-state index in [1.165, 1.54) is 12.1 Å². The normalized spacial score (nSPS) is 10.3. The maximum Gasteiger partial charge on any atom is 0.272 e. The van der Waals surface area contributed by atoms with Gasteiger partial charge < -0.3 is 10.6 Å². The Bertz CT molecular complexity index is 480. The van der Waals surface area contributed by atoms with Crippen LogP contribution < -0.4 is 10.6 Å². The first-order valence-electron chi connectivity index (χ1n) is 6.44. The summed E-state index contributed by atoms with van der Waals surface area (Å²) in [6.45, 7) is 3.32. The molecule has 2 N–H and O–H groups in total. The van der Waals surface area contributed by atoms with Crippen LogP contribution in [-0.4, -0.2) is 23.9 Å². The third kappa shape index (κ3) is 5.75. The molecule has 0 bridgehead atoms. The Balaban J connectivity index is 2.38. The summed E-state index contributed by atoms with van der Waals surface area (Å²) in [6, 6.07) is 3.42. The highest BCUT2D eigenvalue weighted by Crippen LogP contribution is 2.16. The number of amides is 1. The molecule has 20 heavy (non-hydrogen) atoms. The number of hydrogen-bond acceptors (Lipinski definition) is 4. The highest BCUT2D eigenvalue weighted by molar-refractivity contribution is 5.75. The lowest BCUT2D eigenvalue weighted by molar-refractivity contribution is -0.385. The lowest BCUT2D eigenvalue weighted by Crippen LogP contribution is -2.28. The number of halogens is 1. The molecule has 7 heteroatoms. The Hall–Kier alpha value is -2.02. The van der Waals surface area contributed by atoms with Gasteiger partial charge in [0, 0.05) is 32.1 Å². The van der Waals surface area contributed by atoms with Crippen molar-refractivity contribution in [3.05, 3.63) is 39.7 Å². The molecule has 0 aliphatic rings. The molecule has 6 nitrogen and oxygen atoms in total. The van der Waals surface area contributed by atoms with Crippen molar-refractivity contribution in [1.29, 1.82) is 0 Å². The van der Waals surface area contributed by atoms with Gasteiger partial charge in [0.15, 0.2) is 0 Å². The van der Waals surface area contributed by atoms with Gasteiger partial charge in [0.1, 0.15) is 5.82 Å². The second kappa shape index (κ2) is 8.21. The number of non-ortho nitro benzene ring substituents is 1. The molecule has 0 aromatic heterocycles. The van der Waals surface area contributed by atoms with Gasteiger partial charge in [-0.15, -0.1) is 0 Å². The molecule has 0 aliphatic carbocycles. The molecule has 0 spiro atoms. The summed E-state index contributed by atoms with van der Waals surface area (Å²) < 4.78 is 13.2. The van der Waals surface area contributed by atoms with Crippen LogP contribution in [0.2, 0.25) is 0 Å². The highest BCUT2D eigenvalue weighted by Gasteiger charge is 2.09. The number of nitrogens with zero attached hydrogens (tertiary/aromatic N) is 1. The van der Waals surface area contributed by atoms with Crippen LogP contribution in [0.25, 0.3) is 0 Å². The molecule has 0 unspecified atom stereocenters. The van der Waals surface area contributed by atoms with Crippen molar-refractivity contribution >= 4 is 11.6 Å². The van der Waals surface area contributed by atoms with Gasteiger partial charge in [0.25, 0.3) is 5.69 Å². The van der Waals surface area contributed by atoms with E-state index >= 15 is 0 Å². The van der Waals surface area contributed by atoms with E-state index in [0.717, 1.165) is 12.5 Å². The number of hydrogen-bond donors (Lipinski definition) is 2. The lowest BCUT2D eigenvalue weighted by atomic mass is 10.2. The van der Waals surface area contributed by atoms with E-state index in [2.05, 4.69) is 10.6 Å². The van der Waals surface area contributed by atoms with Gasteiger partial charge in [-0.3, -0.25) is 14.9 Å². The molecule has 1 aromatic rings. The van der Waals surface area contributed by atoms with Crippen molar-refractivity contribution in [3.8, 4) is 0 Å². The maximum absolute atomic E-state index is 13.2. The largest absolute Gasteiger partial charge is 0.356 e. The standard InChI is InChI=1S/C13H18FN3O3/c1-2-4-16-13(18)3-5-15-9-10-6-11(14)8-12(7-10)17(19)20/h6-8,15H,2-5,9H2,1H3,(H,16,18). The summed E-state index contributed by atoms with van der Waals surface area (Å²) in [6.07, 6.45) is 1.20. The van der Waals surface area contributed by atoms with Gasteiger partial charge in [0.2, 0.25) is 5.91 Å². The Morgan fingerprint density at radius 2 is 2.10 bits per heavy atom. The SMILES string of the molecule is CCCNC(=O)CCNCc1cc(F)cc([N+](=O)[O-])c1. The minimum absolute atomic E-state index is 0.0513. The predicted octanol–water partition coefficient (Wildman–Crippen LogP) is 1.74. The van der Waals surface area contributed by atoms with Crippen molar-refractivity contribution in [1.82, 2.24) is 10.6 Å². The van der Waals surface area contributed by atoms with Crippen molar-refractivity contribution in [2.45, 2.75) is 26.3 Å². The Labute approximate surface area is 116 Å². The Kier molecular flexibility index (Phi) is 6.58. The van der Waals surface area contributed by atoms with Crippen molar-refractivity contribution < 1.29 is 14.1 Å². The zero-order valence-corrected chi connectivity index (χ0v) is 11.3. The number of carbonyl (C=O) groups excluding carboxylic acids is 1. The molecule has 110 valence electrons. The van der Waals surface area contributed by atoms with Gasteiger partial charge in [-0.25, -0.2) is 4.39 Å². The van der Waals surface area contributed by atoms with Gasteiger partial charge >= 0.3 is 0 Å². The summed E-state index contributed by atoms with van der Waals surface area (Å²) in [5.74, 6) is -0.693. The average molecular weight is 283 g/mol. The second-order valence-electron chi connectivity index (χ2n) is 4.35. The van der Waals surface area contributed by atoms with E-state index in [1.807, 2.05) is 6.92 Å². The lowest BCUT2D eigenvalue weighted by Gasteiger charge is -2.06. The number of nitrogens with one attached hydrogen (secondary N) is 2. The minimum atomic E-state index is -0.642. The molecule has 1 amide bonds. The molecular formula is C13H18FN3O3. The molecule has 0 saturated carbocycles. The third-order valence-corrected chi connectivity index (χ3v) is 2.58. The first-order chi connectivity index (χ1) is 9.52. The van der Waals surface area contributed by atoms with E-state index in [9.17, 15) is 19.3 Å². The van der Waals surface area contributed by atoms with E-state index in [4.69, 9.17) is 0 Å². The summed E-state index contributed by atoms with van der Waals surface area (Å²) in [7, 11) is 0. The van der Waals surface area contributed by atoms with Crippen molar-refractivity contribution in [2.75, 3.05) is 13.1 Å². The number of nitro groups is 1. The molecule has 1 rings (SSSR count). The van der Waals surface area contributed by atoms with Crippen LogP contribution in [0.4, 0.5) is 10.1 Å². The van der Waals surface area contributed by atoms with Gasteiger partial charge in [-0.1, -0.05) is 6.92 Å². The molecule has 0 atom stereocenters. The van der Waals surface area contributed by atoms with Crippen LogP contribution in [0.15, 0.2) is 18.2 Å². The van der Waals surface area contributed by atoms with Gasteiger partial charge in [-0.2, -0.15) is 0 Å². The monoisotopic (exact) mass is 283 g/mol. The summed E-state index contributed by atoms with van der Waals surface area (Å²) >= 11 is 0. The van der Waals surface area contributed by atoms with Crippen LogP contribution in [0.3, 0.4) is 0 Å². The number of carbonyl (C=O) groups is 1. The zero-order valence-electron chi connectivity index (χ0n) is 11.3. The average Bonchev–Trinajstić information content (AvgIpc) is 2.40. The summed E-state index contributed by atoms with van der Waals surface area (Å²) in [4.78, 5) is 21.3. The quantitative estimate of drug-likeness (QED) is 0.432. The Morgan fingerprint density at radius 1 is 1.35 bits per heavy atom. The minimum Gasteiger partial charge on any atom is -0.356 e. The topological polar surface area (TPSA) is 84.3 Å². The fourth-order valence-electron chi connectivity index (χ4n) is 1.63. The molecule has 0 heterocycles. The molecular weight excluding hydrogens is 265 g/mol. The van der Waals surface area contributed by atoms with Crippen molar-refractivity contribution in [2.24, 2.45) is 0 Å². The number of rotatable bonds is 8. The van der Waals surface area contributed by atoms with E-state index in [-0.39, 0.29) is 18.1 Å². The molecule has 1 aromatic carbocycles. The second-order valence-corrected chi connectivity index (χ2v) is 4.35. The van der Waals surface area contributed by atoms with Crippen LogP contribution in [-0.2, 0) is 11.3 Å². The number of benzene rings is 1. The van der Waals surface area contributed by atoms with E-state index in [0.29, 0.717) is 25.1 Å². The van der Waals surface area contributed by atoms with Gasteiger partial charge in [-0.05, 0) is 18.1 Å². The van der Waals surface area contributed by atoms with Crippen LogP contribution >= 0.6 is 0 Å². The molecule has 0 radical (unpaired) electrons. The fourth-order valence-corrected chi connectivity index (χ4v) is 1.63. The molecule has 0 fully saturated rings. The molecule has 0 aliphatic heterocycles. The smallest absolute Gasteiger partial charge is 0.272 e.